The van der Waals surface area contributed by atoms with Crippen LogP contribution in [0.4, 0.5) is 0 Å². The monoisotopic (exact) mass is 264 g/mol. The summed E-state index contributed by atoms with van der Waals surface area (Å²) >= 11 is 3.42. The Morgan fingerprint density at radius 3 is 2.82 bits per heavy atom. The van der Waals surface area contributed by atoms with E-state index in [2.05, 4.69) is 11.5 Å². The molecule has 0 spiro atoms. The maximum atomic E-state index is 11.6. The molecular formula is C12H12N2OS2. The standard InChI is InChI=1S/C12H12N2OS2/c13-14-12(15)10-5-2-1-4-9(10)8-17-11-6-3-7-16-11/h1-7H,8,13H2,(H,14,15). The molecule has 0 aliphatic heterocycles. The van der Waals surface area contributed by atoms with E-state index in [1.165, 1.54) is 4.21 Å². The fraction of sp³-hybridized carbons (Fsp3) is 0.0833. The van der Waals surface area contributed by atoms with Crippen molar-refractivity contribution in [3.05, 3.63) is 52.9 Å². The summed E-state index contributed by atoms with van der Waals surface area (Å²) in [5.41, 5.74) is 3.80. The third-order valence-electron chi connectivity index (χ3n) is 2.26. The van der Waals surface area contributed by atoms with Crippen molar-refractivity contribution in [3.63, 3.8) is 0 Å². The Labute approximate surface area is 108 Å². The van der Waals surface area contributed by atoms with Gasteiger partial charge in [0.05, 0.1) is 4.21 Å². The maximum Gasteiger partial charge on any atom is 0.265 e. The van der Waals surface area contributed by atoms with Crippen molar-refractivity contribution in [2.24, 2.45) is 5.84 Å². The number of nitrogen functional groups attached to an aromatic ring is 1. The van der Waals surface area contributed by atoms with E-state index in [9.17, 15) is 4.79 Å². The van der Waals surface area contributed by atoms with Crippen LogP contribution in [0, 0.1) is 0 Å². The van der Waals surface area contributed by atoms with Gasteiger partial charge in [-0.25, -0.2) is 5.84 Å². The van der Waals surface area contributed by atoms with E-state index in [4.69, 9.17) is 5.84 Å². The second-order valence-electron chi connectivity index (χ2n) is 3.35. The molecule has 17 heavy (non-hydrogen) atoms. The summed E-state index contributed by atoms with van der Waals surface area (Å²) in [6.45, 7) is 0. The molecule has 5 heteroatoms. The Bertz CT molecular complexity index is 497. The Morgan fingerprint density at radius 1 is 1.29 bits per heavy atom. The van der Waals surface area contributed by atoms with Crippen LogP contribution in [0.2, 0.25) is 0 Å². The highest BCUT2D eigenvalue weighted by molar-refractivity contribution is 8.00. The van der Waals surface area contributed by atoms with Crippen molar-refractivity contribution in [3.8, 4) is 0 Å². The minimum Gasteiger partial charge on any atom is -0.290 e. The smallest absolute Gasteiger partial charge is 0.265 e. The number of hydrogen-bond acceptors (Lipinski definition) is 4. The summed E-state index contributed by atoms with van der Waals surface area (Å²) in [6, 6.07) is 11.6. The topological polar surface area (TPSA) is 55.1 Å². The normalized spacial score (nSPS) is 10.2. The molecule has 1 heterocycles. The highest BCUT2D eigenvalue weighted by Gasteiger charge is 2.09. The van der Waals surface area contributed by atoms with Gasteiger partial charge in [-0.1, -0.05) is 24.3 Å². The van der Waals surface area contributed by atoms with Crippen molar-refractivity contribution in [1.29, 1.82) is 0 Å². The van der Waals surface area contributed by atoms with Gasteiger partial charge < -0.3 is 0 Å². The summed E-state index contributed by atoms with van der Waals surface area (Å²) in [4.78, 5) is 11.6. The number of rotatable bonds is 4. The first kappa shape index (κ1) is 12.2. The van der Waals surface area contributed by atoms with Crippen LogP contribution >= 0.6 is 23.1 Å². The van der Waals surface area contributed by atoms with Crippen LogP contribution in [0.15, 0.2) is 46.0 Å². The van der Waals surface area contributed by atoms with Crippen LogP contribution in [0.3, 0.4) is 0 Å². The summed E-state index contributed by atoms with van der Waals surface area (Å²) in [5, 5.41) is 2.04. The number of carbonyl (C=O) groups is 1. The molecule has 1 amide bonds. The van der Waals surface area contributed by atoms with Gasteiger partial charge >= 0.3 is 0 Å². The summed E-state index contributed by atoms with van der Waals surface area (Å²) in [5.74, 6) is 5.68. The molecule has 3 nitrogen and oxygen atoms in total. The SMILES string of the molecule is NNC(=O)c1ccccc1CSc1cccs1. The average Bonchev–Trinajstić information content (AvgIpc) is 2.89. The minimum absolute atomic E-state index is 0.243. The van der Waals surface area contributed by atoms with Crippen molar-refractivity contribution in [1.82, 2.24) is 5.43 Å². The molecule has 0 aliphatic carbocycles. The van der Waals surface area contributed by atoms with Gasteiger partial charge in [0, 0.05) is 11.3 Å². The van der Waals surface area contributed by atoms with Crippen LogP contribution in [-0.2, 0) is 5.75 Å². The van der Waals surface area contributed by atoms with Gasteiger partial charge in [0.1, 0.15) is 0 Å². The Kier molecular flexibility index (Phi) is 4.19. The van der Waals surface area contributed by atoms with E-state index in [-0.39, 0.29) is 5.91 Å². The zero-order chi connectivity index (χ0) is 12.1. The summed E-state index contributed by atoms with van der Waals surface area (Å²) < 4.78 is 1.24. The number of thiophene rings is 1. The number of hydrazine groups is 1. The lowest BCUT2D eigenvalue weighted by molar-refractivity contribution is 0.0953. The van der Waals surface area contributed by atoms with Crippen LogP contribution in [0.25, 0.3) is 0 Å². The molecule has 2 aromatic rings. The van der Waals surface area contributed by atoms with Crippen LogP contribution in [-0.4, -0.2) is 5.91 Å². The summed E-state index contributed by atoms with van der Waals surface area (Å²) in [6.07, 6.45) is 0. The van der Waals surface area contributed by atoms with E-state index >= 15 is 0 Å². The van der Waals surface area contributed by atoms with Crippen molar-refractivity contribution < 1.29 is 4.79 Å². The Balaban J connectivity index is 2.12. The maximum absolute atomic E-state index is 11.6. The zero-order valence-corrected chi connectivity index (χ0v) is 10.7. The van der Waals surface area contributed by atoms with Gasteiger partial charge in [-0.2, -0.15) is 0 Å². The largest absolute Gasteiger partial charge is 0.290 e. The zero-order valence-electron chi connectivity index (χ0n) is 9.05. The van der Waals surface area contributed by atoms with Crippen LogP contribution in [0.1, 0.15) is 15.9 Å². The fourth-order valence-corrected chi connectivity index (χ4v) is 3.23. The third-order valence-corrected chi connectivity index (χ3v) is 4.44. The quantitative estimate of drug-likeness (QED) is 0.386. The number of carbonyl (C=O) groups excluding carboxylic acids is 1. The first-order chi connectivity index (χ1) is 8.31. The van der Waals surface area contributed by atoms with Crippen molar-refractivity contribution in [2.75, 3.05) is 0 Å². The number of nitrogens with two attached hydrogens (primary N) is 1. The molecule has 1 aromatic carbocycles. The molecule has 0 saturated heterocycles. The molecule has 0 fully saturated rings. The van der Waals surface area contributed by atoms with Gasteiger partial charge in [0.2, 0.25) is 0 Å². The van der Waals surface area contributed by atoms with E-state index < -0.39 is 0 Å². The predicted molar refractivity (Wildman–Crippen MR) is 72.0 cm³/mol. The first-order valence-electron chi connectivity index (χ1n) is 5.06. The number of benzene rings is 1. The van der Waals surface area contributed by atoms with Gasteiger partial charge in [0.25, 0.3) is 5.91 Å². The average molecular weight is 264 g/mol. The minimum atomic E-state index is -0.243. The molecule has 0 aliphatic rings. The van der Waals surface area contributed by atoms with Gasteiger partial charge in [-0.15, -0.1) is 23.1 Å². The molecule has 88 valence electrons. The number of thioether (sulfide) groups is 1. The second kappa shape index (κ2) is 5.86. The van der Waals surface area contributed by atoms with Crippen LogP contribution in [0.5, 0.6) is 0 Å². The molecular weight excluding hydrogens is 252 g/mol. The lowest BCUT2D eigenvalue weighted by Gasteiger charge is -2.06. The van der Waals surface area contributed by atoms with Crippen molar-refractivity contribution >= 4 is 29.0 Å². The van der Waals surface area contributed by atoms with Gasteiger partial charge in [0.15, 0.2) is 0 Å². The Morgan fingerprint density at radius 2 is 2.12 bits per heavy atom. The lowest BCUT2D eigenvalue weighted by Crippen LogP contribution is -2.30. The fourth-order valence-electron chi connectivity index (χ4n) is 1.44. The highest BCUT2D eigenvalue weighted by Crippen LogP contribution is 2.28. The van der Waals surface area contributed by atoms with Crippen molar-refractivity contribution in [2.45, 2.75) is 9.96 Å². The van der Waals surface area contributed by atoms with Gasteiger partial charge in [-0.05, 0) is 23.1 Å². The van der Waals surface area contributed by atoms with Gasteiger partial charge in [-0.3, -0.25) is 10.2 Å². The first-order valence-corrected chi connectivity index (χ1v) is 6.93. The van der Waals surface area contributed by atoms with E-state index in [0.29, 0.717) is 5.56 Å². The molecule has 2 rings (SSSR count). The molecule has 0 atom stereocenters. The molecule has 0 unspecified atom stereocenters. The Hall–Kier alpha value is -1.30. The second-order valence-corrected chi connectivity index (χ2v) is 5.57. The summed E-state index contributed by atoms with van der Waals surface area (Å²) in [7, 11) is 0. The molecule has 1 aromatic heterocycles. The predicted octanol–water partition coefficient (Wildman–Crippen LogP) is 2.64. The molecule has 0 bridgehead atoms. The number of hydrogen-bond donors (Lipinski definition) is 2. The third kappa shape index (κ3) is 3.09. The number of nitrogens with one attached hydrogen (secondary N) is 1. The molecule has 0 radical (unpaired) electrons. The van der Waals surface area contributed by atoms with Crippen LogP contribution < -0.4 is 11.3 Å². The van der Waals surface area contributed by atoms with E-state index in [0.717, 1.165) is 11.3 Å². The molecule has 0 saturated carbocycles. The van der Waals surface area contributed by atoms with E-state index in [1.807, 2.05) is 29.6 Å². The van der Waals surface area contributed by atoms with E-state index in [1.54, 1.807) is 29.2 Å². The highest BCUT2D eigenvalue weighted by atomic mass is 32.2. The molecule has 3 N–H and O–H groups in total. The number of amides is 1. The lowest BCUT2D eigenvalue weighted by atomic mass is 10.1.